The summed E-state index contributed by atoms with van der Waals surface area (Å²) in [6.07, 6.45) is 4.69. The van der Waals surface area contributed by atoms with Gasteiger partial charge in [0.15, 0.2) is 0 Å². The lowest BCUT2D eigenvalue weighted by atomic mass is 9.98. The van der Waals surface area contributed by atoms with Gasteiger partial charge in [-0.05, 0) is 45.6 Å². The SMILES string of the molecule is Cc1cc(C)n(OC(=O)OC2CCCCC2)n1. The van der Waals surface area contributed by atoms with Crippen molar-refractivity contribution in [3.05, 3.63) is 17.5 Å². The zero-order chi connectivity index (χ0) is 12.3. The Kier molecular flexibility index (Phi) is 3.66. The molecule has 1 fully saturated rings. The Morgan fingerprint density at radius 3 is 2.65 bits per heavy atom. The van der Waals surface area contributed by atoms with E-state index in [0.717, 1.165) is 37.1 Å². The predicted molar refractivity (Wildman–Crippen MR) is 61.6 cm³/mol. The Morgan fingerprint density at radius 1 is 1.35 bits per heavy atom. The molecule has 17 heavy (non-hydrogen) atoms. The van der Waals surface area contributed by atoms with E-state index in [1.54, 1.807) is 0 Å². The van der Waals surface area contributed by atoms with Crippen LogP contribution in [0.5, 0.6) is 0 Å². The van der Waals surface area contributed by atoms with Crippen LogP contribution < -0.4 is 4.84 Å². The van der Waals surface area contributed by atoms with E-state index in [-0.39, 0.29) is 6.10 Å². The van der Waals surface area contributed by atoms with Gasteiger partial charge >= 0.3 is 6.16 Å². The summed E-state index contributed by atoms with van der Waals surface area (Å²) in [5, 5.41) is 4.04. The first-order valence-electron chi connectivity index (χ1n) is 6.07. The van der Waals surface area contributed by atoms with E-state index in [2.05, 4.69) is 5.10 Å². The van der Waals surface area contributed by atoms with E-state index < -0.39 is 6.16 Å². The van der Waals surface area contributed by atoms with Crippen LogP contribution in [0.4, 0.5) is 4.79 Å². The van der Waals surface area contributed by atoms with Crippen LogP contribution in [0.1, 0.15) is 43.5 Å². The van der Waals surface area contributed by atoms with Crippen molar-refractivity contribution in [3.63, 3.8) is 0 Å². The van der Waals surface area contributed by atoms with Crippen molar-refractivity contribution in [1.29, 1.82) is 0 Å². The van der Waals surface area contributed by atoms with E-state index in [9.17, 15) is 4.79 Å². The lowest BCUT2D eigenvalue weighted by Crippen LogP contribution is -2.28. The van der Waals surface area contributed by atoms with Crippen molar-refractivity contribution in [2.24, 2.45) is 0 Å². The highest BCUT2D eigenvalue weighted by atomic mass is 16.8. The minimum absolute atomic E-state index is 0.00761. The lowest BCUT2D eigenvalue weighted by Gasteiger charge is -2.20. The maximum absolute atomic E-state index is 11.5. The Morgan fingerprint density at radius 2 is 2.06 bits per heavy atom. The molecule has 0 aromatic carbocycles. The molecule has 1 aliphatic carbocycles. The number of rotatable bonds is 2. The van der Waals surface area contributed by atoms with Gasteiger partial charge in [0, 0.05) is 0 Å². The Labute approximate surface area is 101 Å². The average molecular weight is 238 g/mol. The van der Waals surface area contributed by atoms with Gasteiger partial charge in [-0.1, -0.05) is 11.3 Å². The molecule has 94 valence electrons. The summed E-state index contributed by atoms with van der Waals surface area (Å²) in [7, 11) is 0. The molecule has 0 spiro atoms. The van der Waals surface area contributed by atoms with Gasteiger partial charge in [-0.3, -0.25) is 4.84 Å². The smallest absolute Gasteiger partial charge is 0.429 e. The molecular formula is C12H18N2O3. The second-order valence-corrected chi connectivity index (χ2v) is 4.52. The molecule has 2 rings (SSSR count). The molecule has 0 aliphatic heterocycles. The molecule has 1 heterocycles. The Hall–Kier alpha value is -1.52. The van der Waals surface area contributed by atoms with Crippen LogP contribution in [0.2, 0.25) is 0 Å². The fourth-order valence-electron chi connectivity index (χ4n) is 2.11. The zero-order valence-electron chi connectivity index (χ0n) is 10.3. The van der Waals surface area contributed by atoms with Crippen LogP contribution in [-0.2, 0) is 4.74 Å². The normalized spacial score (nSPS) is 16.8. The van der Waals surface area contributed by atoms with Crippen molar-refractivity contribution >= 4 is 6.16 Å². The van der Waals surface area contributed by atoms with E-state index in [1.165, 1.54) is 11.3 Å². The summed E-state index contributed by atoms with van der Waals surface area (Å²) in [6.45, 7) is 3.67. The molecule has 0 N–H and O–H groups in total. The molecular weight excluding hydrogens is 220 g/mol. The monoisotopic (exact) mass is 238 g/mol. The molecule has 1 aromatic rings. The number of aryl methyl sites for hydroxylation is 2. The van der Waals surface area contributed by atoms with Crippen LogP contribution in [-0.4, -0.2) is 22.2 Å². The molecule has 0 radical (unpaired) electrons. The van der Waals surface area contributed by atoms with Crippen LogP contribution in [0.3, 0.4) is 0 Å². The minimum Gasteiger partial charge on any atom is -0.429 e. The first kappa shape index (κ1) is 12.0. The fraction of sp³-hybridized carbons (Fsp3) is 0.667. The highest BCUT2D eigenvalue weighted by molar-refractivity contribution is 5.60. The van der Waals surface area contributed by atoms with Gasteiger partial charge in [-0.15, -0.1) is 5.10 Å². The summed E-state index contributed by atoms with van der Waals surface area (Å²) in [5.74, 6) is 0. The molecule has 5 nitrogen and oxygen atoms in total. The molecule has 1 aromatic heterocycles. The molecule has 1 aliphatic rings. The molecule has 0 bridgehead atoms. The van der Waals surface area contributed by atoms with Crippen LogP contribution >= 0.6 is 0 Å². The number of nitrogens with zero attached hydrogens (tertiary/aromatic N) is 2. The van der Waals surface area contributed by atoms with Gasteiger partial charge in [0.25, 0.3) is 0 Å². The second kappa shape index (κ2) is 5.21. The lowest BCUT2D eigenvalue weighted by molar-refractivity contribution is -0.00175. The van der Waals surface area contributed by atoms with Crippen LogP contribution in [0.25, 0.3) is 0 Å². The number of hydrogen-bond donors (Lipinski definition) is 0. The van der Waals surface area contributed by atoms with Gasteiger partial charge in [-0.2, -0.15) is 0 Å². The molecule has 1 saturated carbocycles. The number of ether oxygens (including phenoxy) is 1. The van der Waals surface area contributed by atoms with E-state index in [0.29, 0.717) is 0 Å². The summed E-state index contributed by atoms with van der Waals surface area (Å²) in [6, 6.07) is 1.84. The quantitative estimate of drug-likeness (QED) is 0.742. The van der Waals surface area contributed by atoms with Crippen molar-refractivity contribution in [1.82, 2.24) is 9.94 Å². The number of carbonyl (C=O) groups is 1. The maximum atomic E-state index is 11.5. The predicted octanol–water partition coefficient (Wildman–Crippen LogP) is 2.40. The molecule has 0 amide bonds. The standard InChI is InChI=1S/C12H18N2O3/c1-9-8-10(2)14(13-9)17-12(15)16-11-6-4-3-5-7-11/h8,11H,3-7H2,1-2H3. The zero-order valence-corrected chi connectivity index (χ0v) is 10.3. The van der Waals surface area contributed by atoms with Crippen molar-refractivity contribution < 1.29 is 14.4 Å². The summed E-state index contributed by atoms with van der Waals surface area (Å²) >= 11 is 0. The van der Waals surface area contributed by atoms with E-state index in [4.69, 9.17) is 9.57 Å². The van der Waals surface area contributed by atoms with Gasteiger partial charge in [0.2, 0.25) is 0 Å². The number of carbonyl (C=O) groups excluding carboxylic acids is 1. The van der Waals surface area contributed by atoms with Gasteiger partial charge in [-0.25, -0.2) is 4.79 Å². The third-order valence-corrected chi connectivity index (χ3v) is 2.94. The summed E-state index contributed by atoms with van der Waals surface area (Å²) < 4.78 is 5.24. The highest BCUT2D eigenvalue weighted by Gasteiger charge is 2.19. The van der Waals surface area contributed by atoms with Crippen molar-refractivity contribution in [3.8, 4) is 0 Å². The van der Waals surface area contributed by atoms with Gasteiger partial charge in [0.1, 0.15) is 6.10 Å². The molecule has 0 unspecified atom stereocenters. The Bertz CT molecular complexity index is 394. The summed E-state index contributed by atoms with van der Waals surface area (Å²) in [5.41, 5.74) is 1.59. The van der Waals surface area contributed by atoms with Gasteiger partial charge in [0.05, 0.1) is 11.4 Å². The largest absolute Gasteiger partial charge is 0.535 e. The molecule has 0 saturated heterocycles. The molecule has 5 heteroatoms. The second-order valence-electron chi connectivity index (χ2n) is 4.52. The minimum atomic E-state index is -0.664. The van der Waals surface area contributed by atoms with Crippen molar-refractivity contribution in [2.75, 3.05) is 0 Å². The summed E-state index contributed by atoms with van der Waals surface area (Å²) in [4.78, 5) is 17.8. The van der Waals surface area contributed by atoms with Crippen LogP contribution in [0.15, 0.2) is 6.07 Å². The fourth-order valence-corrected chi connectivity index (χ4v) is 2.11. The first-order chi connectivity index (χ1) is 8.15. The van der Waals surface area contributed by atoms with Crippen molar-refractivity contribution in [2.45, 2.75) is 52.1 Å². The number of aromatic nitrogens is 2. The van der Waals surface area contributed by atoms with E-state index >= 15 is 0 Å². The first-order valence-corrected chi connectivity index (χ1v) is 6.07. The van der Waals surface area contributed by atoms with Crippen LogP contribution in [0, 0.1) is 13.8 Å². The van der Waals surface area contributed by atoms with E-state index in [1.807, 2.05) is 19.9 Å². The highest BCUT2D eigenvalue weighted by Crippen LogP contribution is 2.20. The average Bonchev–Trinajstić information content (AvgIpc) is 2.58. The third-order valence-electron chi connectivity index (χ3n) is 2.94. The number of hydrogen-bond acceptors (Lipinski definition) is 4. The Balaban J connectivity index is 1.86. The molecule has 0 atom stereocenters. The third kappa shape index (κ3) is 3.22. The topological polar surface area (TPSA) is 53.4 Å². The maximum Gasteiger partial charge on any atom is 0.535 e. The van der Waals surface area contributed by atoms with Gasteiger partial charge < -0.3 is 4.74 Å².